The first kappa shape index (κ1) is 34.1. The van der Waals surface area contributed by atoms with E-state index in [0.29, 0.717) is 7.14 Å². The van der Waals surface area contributed by atoms with E-state index in [2.05, 4.69) is 5.32 Å². The first-order valence-corrected chi connectivity index (χ1v) is 14.1. The molecule has 0 aliphatic heterocycles. The molecule has 0 spiro atoms. The van der Waals surface area contributed by atoms with E-state index in [0.717, 1.165) is 12.0 Å². The molecule has 0 heterocycles. The number of nitrogens with zero attached hydrogens (tertiary/aromatic N) is 1. The van der Waals surface area contributed by atoms with Crippen LogP contribution in [0.1, 0.15) is 54.8 Å². The molecule has 0 aliphatic carbocycles. The summed E-state index contributed by atoms with van der Waals surface area (Å²) in [6.45, 7) is 4.17. The van der Waals surface area contributed by atoms with Crippen LogP contribution in [0.25, 0.3) is 0 Å². The van der Waals surface area contributed by atoms with Crippen LogP contribution in [0, 0.1) is 10.7 Å². The van der Waals surface area contributed by atoms with Gasteiger partial charge in [0.05, 0.1) is 43.7 Å². The number of nitrogen functional groups attached to an aromatic ring is 1. The van der Waals surface area contributed by atoms with E-state index in [9.17, 15) is 28.8 Å². The molecular weight excluding hydrogens is 847 g/mol. The highest BCUT2D eigenvalue weighted by molar-refractivity contribution is 14.1. The van der Waals surface area contributed by atoms with Crippen molar-refractivity contribution in [1.29, 1.82) is 0 Å². The SMILES string of the molecule is CC(=O)OCCCN(OC(C)=O)C(=O)c1c(I)c(N)c(I)c(C(=O)NCC(COC(C)=O)OC(C)=O)c1I. The van der Waals surface area contributed by atoms with Crippen LogP contribution < -0.4 is 11.1 Å². The van der Waals surface area contributed by atoms with Gasteiger partial charge in [0.2, 0.25) is 0 Å². The van der Waals surface area contributed by atoms with Gasteiger partial charge in [0.25, 0.3) is 11.8 Å². The highest BCUT2D eigenvalue weighted by atomic mass is 127. The fraction of sp³-hybridized carbons (Fsp3) is 0.455. The Morgan fingerprint density at radius 3 is 1.95 bits per heavy atom. The largest absolute Gasteiger partial charge is 0.466 e. The third-order valence-electron chi connectivity index (χ3n) is 4.36. The maximum absolute atomic E-state index is 13.5. The highest BCUT2D eigenvalue weighted by Crippen LogP contribution is 2.34. The maximum atomic E-state index is 13.5. The Labute approximate surface area is 259 Å². The molecule has 16 heteroatoms. The molecule has 1 aromatic rings. The fourth-order valence-electron chi connectivity index (χ4n) is 2.84. The molecule has 13 nitrogen and oxygen atoms in total. The van der Waals surface area contributed by atoms with Crippen LogP contribution in [0.15, 0.2) is 0 Å². The van der Waals surface area contributed by atoms with Crippen molar-refractivity contribution in [2.45, 2.75) is 40.2 Å². The summed E-state index contributed by atoms with van der Waals surface area (Å²) in [6.07, 6.45) is -0.770. The fourth-order valence-corrected chi connectivity index (χ4v) is 6.96. The quantitative estimate of drug-likeness (QED) is 0.0832. The Morgan fingerprint density at radius 1 is 0.842 bits per heavy atom. The van der Waals surface area contributed by atoms with Crippen LogP contribution >= 0.6 is 67.8 Å². The van der Waals surface area contributed by atoms with Gasteiger partial charge in [0, 0.05) is 37.7 Å². The molecule has 38 heavy (non-hydrogen) atoms. The molecule has 0 radical (unpaired) electrons. The average molecular weight is 873 g/mol. The van der Waals surface area contributed by atoms with Crippen molar-refractivity contribution >= 4 is 109 Å². The van der Waals surface area contributed by atoms with Crippen molar-refractivity contribution in [2.75, 3.05) is 32.0 Å². The van der Waals surface area contributed by atoms with E-state index in [1.54, 1.807) is 0 Å². The van der Waals surface area contributed by atoms with Crippen LogP contribution in [0.3, 0.4) is 0 Å². The number of hydrogen-bond acceptors (Lipinski definition) is 11. The van der Waals surface area contributed by atoms with Gasteiger partial charge in [-0.3, -0.25) is 28.8 Å². The van der Waals surface area contributed by atoms with E-state index in [4.69, 9.17) is 24.8 Å². The Hall–Kier alpha value is -1.97. The number of hydrogen-bond donors (Lipinski definition) is 2. The minimum Gasteiger partial charge on any atom is -0.466 e. The van der Waals surface area contributed by atoms with Gasteiger partial charge in [-0.05, 0) is 67.8 Å². The monoisotopic (exact) mass is 873 g/mol. The summed E-state index contributed by atoms with van der Waals surface area (Å²) in [5.74, 6) is -3.84. The van der Waals surface area contributed by atoms with E-state index in [-0.39, 0.29) is 53.1 Å². The van der Waals surface area contributed by atoms with Crippen LogP contribution in [0.5, 0.6) is 0 Å². The second kappa shape index (κ2) is 16.2. The predicted molar refractivity (Wildman–Crippen MR) is 158 cm³/mol. The highest BCUT2D eigenvalue weighted by Gasteiger charge is 2.31. The molecular formula is C22H26I3N3O10. The van der Waals surface area contributed by atoms with Crippen molar-refractivity contribution in [3.8, 4) is 0 Å². The number of nitrogens with two attached hydrogens (primary N) is 1. The van der Waals surface area contributed by atoms with Crippen molar-refractivity contribution in [3.05, 3.63) is 21.8 Å². The van der Waals surface area contributed by atoms with Gasteiger partial charge in [-0.1, -0.05) is 0 Å². The number of rotatable bonds is 11. The van der Waals surface area contributed by atoms with Gasteiger partial charge in [-0.15, -0.1) is 0 Å². The lowest BCUT2D eigenvalue weighted by Gasteiger charge is -2.24. The normalized spacial score (nSPS) is 11.1. The molecule has 1 rings (SSSR count). The van der Waals surface area contributed by atoms with Gasteiger partial charge < -0.3 is 30.1 Å². The Bertz CT molecular complexity index is 1110. The standard InChI is InChI=1S/C22H26I3N3O10/c1-10(29)35-7-5-6-28(38-13(4)32)22(34)16-17(23)15(18(24)20(26)19(16)25)21(33)27-8-14(37-12(3)31)9-36-11(2)30/h14H,5-9,26H2,1-4H3,(H,27,33). The lowest BCUT2D eigenvalue weighted by atomic mass is 10.1. The third-order valence-corrected chi connectivity index (χ3v) is 7.68. The lowest BCUT2D eigenvalue weighted by Crippen LogP contribution is -2.39. The molecule has 0 aliphatic rings. The molecule has 2 amide bonds. The van der Waals surface area contributed by atoms with Gasteiger partial charge in [-0.25, -0.2) is 0 Å². The number of nitrogens with one attached hydrogen (secondary N) is 1. The molecule has 0 saturated heterocycles. The van der Waals surface area contributed by atoms with Gasteiger partial charge in [-0.2, -0.15) is 5.06 Å². The summed E-state index contributed by atoms with van der Waals surface area (Å²) >= 11 is 5.57. The zero-order valence-corrected chi connectivity index (χ0v) is 27.3. The first-order chi connectivity index (χ1) is 17.7. The number of carbonyl (C=O) groups excluding carboxylic acids is 6. The molecule has 1 aromatic carbocycles. The van der Waals surface area contributed by atoms with Gasteiger partial charge >= 0.3 is 23.9 Å². The Kier molecular flexibility index (Phi) is 14.5. The number of benzene rings is 1. The van der Waals surface area contributed by atoms with Gasteiger partial charge in [0.15, 0.2) is 6.10 Å². The van der Waals surface area contributed by atoms with Crippen molar-refractivity contribution in [3.63, 3.8) is 0 Å². The number of carbonyl (C=O) groups is 6. The third kappa shape index (κ3) is 10.7. The van der Waals surface area contributed by atoms with Crippen LogP contribution in [0.2, 0.25) is 0 Å². The zero-order valence-electron chi connectivity index (χ0n) is 20.9. The molecule has 0 saturated carbocycles. The minimum atomic E-state index is -0.949. The lowest BCUT2D eigenvalue weighted by molar-refractivity contribution is -0.176. The van der Waals surface area contributed by atoms with E-state index >= 15 is 0 Å². The summed E-state index contributed by atoms with van der Waals surface area (Å²) in [5, 5.41) is 3.42. The van der Waals surface area contributed by atoms with Crippen molar-refractivity contribution in [2.24, 2.45) is 0 Å². The molecule has 0 fully saturated rings. The van der Waals surface area contributed by atoms with E-state index in [1.165, 1.54) is 20.8 Å². The Balaban J connectivity index is 3.31. The van der Waals surface area contributed by atoms with Crippen molar-refractivity contribution in [1.82, 2.24) is 10.4 Å². The van der Waals surface area contributed by atoms with Crippen molar-refractivity contribution < 1.29 is 47.8 Å². The molecule has 1 atom stereocenters. The summed E-state index contributed by atoms with van der Waals surface area (Å²) in [6, 6.07) is 0. The minimum absolute atomic E-state index is 0.00606. The van der Waals surface area contributed by atoms with Crippen LogP contribution in [-0.2, 0) is 38.2 Å². The average Bonchev–Trinajstić information content (AvgIpc) is 2.80. The maximum Gasteiger partial charge on any atom is 0.329 e. The molecule has 1 unspecified atom stereocenters. The number of hydroxylamine groups is 2. The van der Waals surface area contributed by atoms with E-state index in [1.807, 2.05) is 67.8 Å². The summed E-state index contributed by atoms with van der Waals surface area (Å²) in [7, 11) is 0. The second-order valence-corrected chi connectivity index (χ2v) is 10.8. The Morgan fingerprint density at radius 2 is 1.42 bits per heavy atom. The second-order valence-electron chi connectivity index (χ2n) is 7.53. The number of halogens is 3. The van der Waals surface area contributed by atoms with Crippen LogP contribution in [0.4, 0.5) is 5.69 Å². The molecule has 0 bridgehead atoms. The predicted octanol–water partition coefficient (Wildman–Crippen LogP) is 2.18. The molecule has 210 valence electrons. The first-order valence-electron chi connectivity index (χ1n) is 10.9. The topological polar surface area (TPSA) is 181 Å². The zero-order chi connectivity index (χ0) is 29.2. The summed E-state index contributed by atoms with van der Waals surface area (Å²) in [5.41, 5.74) is 6.48. The number of esters is 3. The van der Waals surface area contributed by atoms with E-state index < -0.39 is 41.8 Å². The smallest absolute Gasteiger partial charge is 0.329 e. The van der Waals surface area contributed by atoms with Gasteiger partial charge in [0.1, 0.15) is 6.61 Å². The molecule has 0 aromatic heterocycles. The summed E-state index contributed by atoms with van der Waals surface area (Å²) in [4.78, 5) is 76.9. The number of anilines is 1. The summed E-state index contributed by atoms with van der Waals surface area (Å²) < 4.78 is 15.8. The number of ether oxygens (including phenoxy) is 3. The molecule has 3 N–H and O–H groups in total. The number of amides is 2. The van der Waals surface area contributed by atoms with Crippen LogP contribution in [-0.4, -0.2) is 73.2 Å².